The maximum absolute atomic E-state index is 6.12. The lowest BCUT2D eigenvalue weighted by Crippen LogP contribution is -2.21. The minimum Gasteiger partial charge on any atom is -0.497 e. The monoisotopic (exact) mass is 328 g/mol. The molecule has 0 aliphatic heterocycles. The van der Waals surface area contributed by atoms with Gasteiger partial charge in [-0.15, -0.1) is 0 Å². The van der Waals surface area contributed by atoms with Crippen molar-refractivity contribution < 1.29 is 14.2 Å². The average molecular weight is 328 g/mol. The molecule has 5 heteroatoms. The highest BCUT2D eigenvalue weighted by Gasteiger charge is 2.53. The van der Waals surface area contributed by atoms with Crippen LogP contribution in [0.4, 0.5) is 0 Å². The normalized spacial score (nSPS) is 22.2. The van der Waals surface area contributed by atoms with Crippen molar-refractivity contribution in [1.29, 1.82) is 0 Å². The minimum absolute atomic E-state index is 0.0315. The first-order valence-corrected chi connectivity index (χ1v) is 8.18. The van der Waals surface area contributed by atoms with Crippen molar-refractivity contribution in [2.45, 2.75) is 32.3 Å². The van der Waals surface area contributed by atoms with Gasteiger partial charge in [-0.2, -0.15) is 0 Å². The van der Waals surface area contributed by atoms with E-state index in [1.165, 1.54) is 5.56 Å². The van der Waals surface area contributed by atoms with E-state index in [0.717, 1.165) is 23.7 Å². The molecule has 0 saturated heterocycles. The second kappa shape index (κ2) is 6.77. The van der Waals surface area contributed by atoms with E-state index in [9.17, 15) is 0 Å². The van der Waals surface area contributed by atoms with Gasteiger partial charge < -0.3 is 14.2 Å². The molecule has 1 fully saturated rings. The van der Waals surface area contributed by atoms with Crippen LogP contribution in [0, 0.1) is 12.8 Å². The molecule has 1 saturated carbocycles. The van der Waals surface area contributed by atoms with E-state index in [-0.39, 0.29) is 5.41 Å². The molecular formula is C19H24N2O3. The second-order valence-corrected chi connectivity index (χ2v) is 6.44. The summed E-state index contributed by atoms with van der Waals surface area (Å²) < 4.78 is 16.7. The number of hydrogen-bond donors (Lipinski definition) is 0. The van der Waals surface area contributed by atoms with Gasteiger partial charge in [0.1, 0.15) is 17.3 Å². The first kappa shape index (κ1) is 16.7. The Bertz CT molecular complexity index is 720. The zero-order valence-corrected chi connectivity index (χ0v) is 14.7. The molecule has 0 bridgehead atoms. The third-order valence-corrected chi connectivity index (χ3v) is 4.81. The highest BCUT2D eigenvalue weighted by Crippen LogP contribution is 2.54. The van der Waals surface area contributed by atoms with E-state index in [2.05, 4.69) is 29.0 Å². The molecule has 128 valence electrons. The van der Waals surface area contributed by atoms with Crippen molar-refractivity contribution in [2.24, 2.45) is 5.92 Å². The lowest BCUT2D eigenvalue weighted by molar-refractivity contribution is 0.173. The molecule has 0 radical (unpaired) electrons. The molecule has 5 nitrogen and oxygen atoms in total. The third kappa shape index (κ3) is 3.22. The smallest absolute Gasteiger partial charge is 0.161 e. The molecule has 1 aromatic heterocycles. The van der Waals surface area contributed by atoms with Gasteiger partial charge in [-0.25, -0.2) is 9.97 Å². The number of rotatable bonds is 7. The molecule has 0 N–H and O–H groups in total. The third-order valence-electron chi connectivity index (χ3n) is 4.81. The van der Waals surface area contributed by atoms with Gasteiger partial charge in [0, 0.05) is 12.5 Å². The number of methoxy groups -OCH3 is 2. The topological polar surface area (TPSA) is 53.5 Å². The lowest BCUT2D eigenvalue weighted by Gasteiger charge is -2.20. The van der Waals surface area contributed by atoms with Crippen molar-refractivity contribution >= 4 is 0 Å². The Morgan fingerprint density at radius 3 is 2.75 bits per heavy atom. The summed E-state index contributed by atoms with van der Waals surface area (Å²) in [4.78, 5) is 8.67. The first-order chi connectivity index (χ1) is 11.6. The molecule has 0 amide bonds. The van der Waals surface area contributed by atoms with Gasteiger partial charge in [0.2, 0.25) is 0 Å². The van der Waals surface area contributed by atoms with E-state index >= 15 is 0 Å². The summed E-state index contributed by atoms with van der Waals surface area (Å²) in [6.45, 7) is 5.14. The summed E-state index contributed by atoms with van der Waals surface area (Å²) in [5.41, 5.74) is 2.08. The van der Waals surface area contributed by atoms with Crippen molar-refractivity contribution in [3.63, 3.8) is 0 Å². The lowest BCUT2D eigenvalue weighted by atomic mass is 9.94. The maximum Gasteiger partial charge on any atom is 0.161 e. The maximum atomic E-state index is 6.12. The summed E-state index contributed by atoms with van der Waals surface area (Å²) in [6, 6.07) is 8.26. The van der Waals surface area contributed by atoms with Crippen LogP contribution in [0.25, 0.3) is 0 Å². The van der Waals surface area contributed by atoms with Crippen molar-refractivity contribution in [2.75, 3.05) is 20.8 Å². The fraction of sp³-hybridized carbons (Fsp3) is 0.474. The SMILES string of the molecule is COCc1nc(C)ncc1OC[C@@]1(c2cccc(OC)c2)CC1C. The van der Waals surface area contributed by atoms with Crippen LogP contribution in [-0.2, 0) is 16.8 Å². The van der Waals surface area contributed by atoms with Crippen LogP contribution in [-0.4, -0.2) is 30.8 Å². The van der Waals surface area contributed by atoms with E-state index in [1.807, 2.05) is 19.1 Å². The largest absolute Gasteiger partial charge is 0.497 e. The highest BCUT2D eigenvalue weighted by molar-refractivity contribution is 5.39. The quantitative estimate of drug-likeness (QED) is 0.780. The summed E-state index contributed by atoms with van der Waals surface area (Å²) in [5.74, 6) is 2.87. The van der Waals surface area contributed by atoms with E-state index in [0.29, 0.717) is 24.9 Å². The van der Waals surface area contributed by atoms with Crippen LogP contribution in [0.1, 0.15) is 30.4 Å². The first-order valence-electron chi connectivity index (χ1n) is 8.18. The number of hydrogen-bond acceptors (Lipinski definition) is 5. The van der Waals surface area contributed by atoms with Crippen LogP contribution >= 0.6 is 0 Å². The zero-order chi connectivity index (χ0) is 17.2. The Kier molecular flexibility index (Phi) is 4.71. The molecule has 1 aliphatic rings. The van der Waals surface area contributed by atoms with E-state index in [4.69, 9.17) is 14.2 Å². The average Bonchev–Trinajstić information content (AvgIpc) is 3.26. The van der Waals surface area contributed by atoms with E-state index < -0.39 is 0 Å². The van der Waals surface area contributed by atoms with E-state index in [1.54, 1.807) is 20.4 Å². The Balaban J connectivity index is 1.80. The molecule has 2 atom stereocenters. The number of nitrogens with zero attached hydrogens (tertiary/aromatic N) is 2. The molecule has 1 heterocycles. The predicted molar refractivity (Wildman–Crippen MR) is 91.4 cm³/mol. The Morgan fingerprint density at radius 1 is 1.29 bits per heavy atom. The summed E-state index contributed by atoms with van der Waals surface area (Å²) >= 11 is 0. The minimum atomic E-state index is 0.0315. The Hall–Kier alpha value is -2.14. The van der Waals surface area contributed by atoms with Gasteiger partial charge in [-0.05, 0) is 37.0 Å². The van der Waals surface area contributed by atoms with Crippen molar-refractivity contribution in [1.82, 2.24) is 9.97 Å². The number of aryl methyl sites for hydroxylation is 1. The molecule has 1 aliphatic carbocycles. The van der Waals surface area contributed by atoms with Gasteiger partial charge in [0.25, 0.3) is 0 Å². The van der Waals surface area contributed by atoms with Gasteiger partial charge >= 0.3 is 0 Å². The summed E-state index contributed by atoms with van der Waals surface area (Å²) in [7, 11) is 3.35. The van der Waals surface area contributed by atoms with Gasteiger partial charge in [-0.3, -0.25) is 0 Å². The predicted octanol–water partition coefficient (Wildman–Crippen LogP) is 3.30. The standard InChI is InChI=1S/C19H24N2O3/c1-13-9-19(13,15-6-5-7-16(8-15)23-4)12-24-18-10-20-14(2)21-17(18)11-22-3/h5-8,10,13H,9,11-12H2,1-4H3/t13?,19-/m0/s1. The van der Waals surface area contributed by atoms with Crippen LogP contribution in [0.5, 0.6) is 11.5 Å². The molecule has 2 aromatic rings. The van der Waals surface area contributed by atoms with Crippen molar-refractivity contribution in [3.8, 4) is 11.5 Å². The molecule has 24 heavy (non-hydrogen) atoms. The Morgan fingerprint density at radius 2 is 2.08 bits per heavy atom. The number of ether oxygens (including phenoxy) is 3. The summed E-state index contributed by atoms with van der Waals surface area (Å²) in [6.07, 6.45) is 2.84. The van der Waals surface area contributed by atoms with Crippen LogP contribution in [0.15, 0.2) is 30.5 Å². The van der Waals surface area contributed by atoms with Crippen LogP contribution in [0.3, 0.4) is 0 Å². The summed E-state index contributed by atoms with van der Waals surface area (Å²) in [5, 5.41) is 0. The van der Waals surface area contributed by atoms with Gasteiger partial charge in [-0.1, -0.05) is 19.1 Å². The molecule has 1 unspecified atom stereocenters. The molecular weight excluding hydrogens is 304 g/mol. The van der Waals surface area contributed by atoms with Crippen molar-refractivity contribution in [3.05, 3.63) is 47.5 Å². The van der Waals surface area contributed by atoms with Crippen LogP contribution in [0.2, 0.25) is 0 Å². The molecule has 1 aromatic carbocycles. The zero-order valence-electron chi connectivity index (χ0n) is 14.7. The van der Waals surface area contributed by atoms with Crippen LogP contribution < -0.4 is 9.47 Å². The molecule has 0 spiro atoms. The second-order valence-electron chi connectivity index (χ2n) is 6.44. The fourth-order valence-electron chi connectivity index (χ4n) is 3.18. The van der Waals surface area contributed by atoms with Gasteiger partial charge in [0.05, 0.1) is 26.5 Å². The fourth-order valence-corrected chi connectivity index (χ4v) is 3.18. The number of aromatic nitrogens is 2. The highest BCUT2D eigenvalue weighted by atomic mass is 16.5. The Labute approximate surface area is 143 Å². The van der Waals surface area contributed by atoms with Gasteiger partial charge in [0.15, 0.2) is 5.75 Å². The molecule has 3 rings (SSSR count). The number of benzene rings is 1.